The highest BCUT2D eigenvalue weighted by atomic mass is 16.8. The molecule has 2 heterocycles. The minimum atomic E-state index is -1.39. The molecule has 0 aromatic rings. The van der Waals surface area contributed by atoms with E-state index < -0.39 is 60.2 Å². The van der Waals surface area contributed by atoms with Crippen molar-refractivity contribution >= 4 is 0 Å². The Bertz CT molecular complexity index is 973. The van der Waals surface area contributed by atoms with Crippen molar-refractivity contribution in [1.82, 2.24) is 0 Å². The van der Waals surface area contributed by atoms with Crippen molar-refractivity contribution in [3.63, 3.8) is 0 Å². The molecule has 5 rings (SSSR count). The van der Waals surface area contributed by atoms with Crippen molar-refractivity contribution in [1.29, 1.82) is 0 Å². The molecule has 39 heavy (non-hydrogen) atoms. The molecule has 2 aliphatic heterocycles. The predicted molar refractivity (Wildman–Crippen MR) is 142 cm³/mol. The molecular formula is C30H48O9. The number of hydrogen-bond acceptors (Lipinski definition) is 9. The normalized spacial score (nSPS) is 49.1. The summed E-state index contributed by atoms with van der Waals surface area (Å²) in [6.45, 7) is 12.5. The van der Waals surface area contributed by atoms with Crippen LogP contribution in [0.1, 0.15) is 60.8 Å². The van der Waals surface area contributed by atoms with Gasteiger partial charge in [-0.05, 0) is 63.4 Å². The van der Waals surface area contributed by atoms with Crippen molar-refractivity contribution in [2.24, 2.45) is 29.1 Å². The third-order valence-corrected chi connectivity index (χ3v) is 9.99. The summed E-state index contributed by atoms with van der Waals surface area (Å²) in [6.07, 6.45) is -3.11. The highest BCUT2D eigenvalue weighted by molar-refractivity contribution is 5.43. The molecular weight excluding hydrogens is 504 g/mol. The number of ether oxygens (including phenoxy) is 5. The number of methoxy groups -OCH3 is 1. The number of hydrogen-bond donors (Lipinski definition) is 4. The summed E-state index contributed by atoms with van der Waals surface area (Å²) >= 11 is 0. The maximum absolute atomic E-state index is 12.0. The Balaban J connectivity index is 1.54. The molecule has 3 aliphatic carbocycles. The van der Waals surface area contributed by atoms with Crippen LogP contribution in [0, 0.1) is 29.1 Å². The molecule has 0 aromatic heterocycles. The summed E-state index contributed by atoms with van der Waals surface area (Å²) < 4.78 is 29.9. The quantitative estimate of drug-likeness (QED) is 0.380. The van der Waals surface area contributed by atoms with Crippen molar-refractivity contribution in [2.45, 2.75) is 116 Å². The standard InChI is InChI=1S/C30H48O9/c1-14(2)18-10-21(31)30(6)11-19-16(12-35-7)8-9-17(19)15(3)23(32)27(22(18)30)38-28-25(34)24(33)26-20(37-28)13-36-29(4,5)39-26/h11,14-17,20-21,23-28,31-34H,8-10,12-13H2,1-7H3/b19-11-/t15-,16-,17+,20-,21+,23-,24-,25-,26-,27-,28-,30+/m1/s1. The molecule has 0 amide bonds. The Morgan fingerprint density at radius 2 is 1.77 bits per heavy atom. The molecule has 9 heteroatoms. The van der Waals surface area contributed by atoms with Crippen LogP contribution < -0.4 is 0 Å². The van der Waals surface area contributed by atoms with Crippen LogP contribution in [0.5, 0.6) is 0 Å². The van der Waals surface area contributed by atoms with E-state index in [1.807, 2.05) is 13.8 Å². The fraction of sp³-hybridized carbons (Fsp3) is 0.867. The van der Waals surface area contributed by atoms with Gasteiger partial charge in [-0.2, -0.15) is 0 Å². The molecule has 12 atom stereocenters. The van der Waals surface area contributed by atoms with Gasteiger partial charge in [0.1, 0.15) is 30.5 Å². The largest absolute Gasteiger partial charge is 0.392 e. The van der Waals surface area contributed by atoms with Crippen molar-refractivity contribution in [3.8, 4) is 0 Å². The van der Waals surface area contributed by atoms with Crippen LogP contribution in [0.2, 0.25) is 0 Å². The molecule has 3 fully saturated rings. The van der Waals surface area contributed by atoms with E-state index in [9.17, 15) is 20.4 Å². The third-order valence-electron chi connectivity index (χ3n) is 9.99. The van der Waals surface area contributed by atoms with Crippen LogP contribution in [0.15, 0.2) is 22.8 Å². The lowest BCUT2D eigenvalue weighted by Crippen LogP contribution is -2.65. The second-order valence-corrected chi connectivity index (χ2v) is 13.3. The molecule has 0 aromatic carbocycles. The second-order valence-electron chi connectivity index (χ2n) is 13.3. The fourth-order valence-electron chi connectivity index (χ4n) is 7.72. The SMILES string of the molecule is COC[C@H]1CC[C@@H]2/C1=C\[C@]1(C)C(=C(C(C)C)C[C@@H]1O)[C@@H](O[C@H]1O[C@@H]3COC(C)(C)O[C@H]3[C@H](O)[C@H]1O)[C@H](O)[C@@H]2C. The zero-order valence-electron chi connectivity index (χ0n) is 24.4. The van der Waals surface area contributed by atoms with E-state index in [0.717, 1.165) is 24.0 Å². The number of aliphatic hydroxyl groups excluding tert-OH is 4. The summed E-state index contributed by atoms with van der Waals surface area (Å²) in [5, 5.41) is 45.7. The molecule has 1 saturated carbocycles. The van der Waals surface area contributed by atoms with Gasteiger partial charge in [-0.25, -0.2) is 0 Å². The van der Waals surface area contributed by atoms with Crippen LogP contribution >= 0.6 is 0 Å². The van der Waals surface area contributed by atoms with Gasteiger partial charge in [-0.3, -0.25) is 0 Å². The van der Waals surface area contributed by atoms with Crippen molar-refractivity contribution in [2.75, 3.05) is 20.3 Å². The second kappa shape index (κ2) is 10.7. The van der Waals surface area contributed by atoms with Crippen LogP contribution in [0.3, 0.4) is 0 Å². The van der Waals surface area contributed by atoms with E-state index in [4.69, 9.17) is 23.7 Å². The maximum atomic E-state index is 12.0. The van der Waals surface area contributed by atoms with Gasteiger partial charge in [-0.15, -0.1) is 0 Å². The molecule has 5 aliphatic rings. The van der Waals surface area contributed by atoms with Gasteiger partial charge in [-0.1, -0.05) is 38.0 Å². The third kappa shape index (κ3) is 5.06. The van der Waals surface area contributed by atoms with Crippen LogP contribution in [0.4, 0.5) is 0 Å². The maximum Gasteiger partial charge on any atom is 0.187 e. The summed E-state index contributed by atoms with van der Waals surface area (Å²) in [6, 6.07) is 0. The van der Waals surface area contributed by atoms with Gasteiger partial charge < -0.3 is 44.1 Å². The Kier molecular flexibility index (Phi) is 8.16. The topological polar surface area (TPSA) is 127 Å². The van der Waals surface area contributed by atoms with Gasteiger partial charge in [0.05, 0.1) is 25.4 Å². The minimum Gasteiger partial charge on any atom is -0.392 e. The Morgan fingerprint density at radius 3 is 2.44 bits per heavy atom. The van der Waals surface area contributed by atoms with Gasteiger partial charge in [0, 0.05) is 18.4 Å². The zero-order chi connectivity index (χ0) is 28.4. The van der Waals surface area contributed by atoms with Gasteiger partial charge in [0.2, 0.25) is 0 Å². The lowest BCUT2D eigenvalue weighted by Gasteiger charge is -2.50. The smallest absolute Gasteiger partial charge is 0.187 e. The summed E-state index contributed by atoms with van der Waals surface area (Å²) in [5.41, 5.74) is 2.38. The van der Waals surface area contributed by atoms with Crippen molar-refractivity contribution < 1.29 is 44.1 Å². The van der Waals surface area contributed by atoms with E-state index in [1.165, 1.54) is 5.57 Å². The molecule has 2 saturated heterocycles. The Morgan fingerprint density at radius 1 is 1.05 bits per heavy atom. The highest BCUT2D eigenvalue weighted by Gasteiger charge is 2.56. The molecule has 0 spiro atoms. The molecule has 222 valence electrons. The predicted octanol–water partition coefficient (Wildman–Crippen LogP) is 2.30. The monoisotopic (exact) mass is 552 g/mol. The summed E-state index contributed by atoms with van der Waals surface area (Å²) in [7, 11) is 1.71. The van der Waals surface area contributed by atoms with E-state index in [-0.39, 0.29) is 30.3 Å². The van der Waals surface area contributed by atoms with Gasteiger partial charge in [0.15, 0.2) is 12.1 Å². The zero-order valence-corrected chi connectivity index (χ0v) is 24.4. The lowest BCUT2D eigenvalue weighted by molar-refractivity contribution is -0.387. The Labute approximate surface area is 232 Å². The first-order valence-corrected chi connectivity index (χ1v) is 14.6. The number of rotatable bonds is 5. The van der Waals surface area contributed by atoms with E-state index in [2.05, 4.69) is 19.9 Å². The van der Waals surface area contributed by atoms with E-state index in [0.29, 0.717) is 13.0 Å². The summed E-state index contributed by atoms with van der Waals surface area (Å²) in [5.74, 6) is -0.575. The first-order valence-electron chi connectivity index (χ1n) is 14.6. The fourth-order valence-corrected chi connectivity index (χ4v) is 7.72. The number of fused-ring (bicyclic) bond motifs is 3. The number of aliphatic hydroxyl groups is 4. The molecule has 0 unspecified atom stereocenters. The minimum absolute atomic E-state index is 0.117. The first-order chi connectivity index (χ1) is 18.3. The lowest BCUT2D eigenvalue weighted by atomic mass is 9.68. The molecule has 4 N–H and O–H groups in total. The molecule has 9 nitrogen and oxygen atoms in total. The molecule has 0 bridgehead atoms. The van der Waals surface area contributed by atoms with Gasteiger partial charge in [0.25, 0.3) is 0 Å². The van der Waals surface area contributed by atoms with E-state index >= 15 is 0 Å². The average molecular weight is 553 g/mol. The highest BCUT2D eigenvalue weighted by Crippen LogP contribution is 2.55. The molecule has 0 radical (unpaired) electrons. The van der Waals surface area contributed by atoms with Gasteiger partial charge >= 0.3 is 0 Å². The van der Waals surface area contributed by atoms with Crippen LogP contribution in [-0.2, 0) is 23.7 Å². The Hall–Kier alpha value is -0.880. The van der Waals surface area contributed by atoms with Crippen molar-refractivity contribution in [3.05, 3.63) is 22.8 Å². The summed E-state index contributed by atoms with van der Waals surface area (Å²) in [4.78, 5) is 0. The van der Waals surface area contributed by atoms with E-state index in [1.54, 1.807) is 21.0 Å². The van der Waals surface area contributed by atoms with Crippen LogP contribution in [-0.4, -0.2) is 95.6 Å². The average Bonchev–Trinajstić information content (AvgIpc) is 3.37. The first kappa shape index (κ1) is 29.6. The van der Waals surface area contributed by atoms with Crippen LogP contribution in [0.25, 0.3) is 0 Å².